The molecule has 0 aromatic carbocycles. The van der Waals surface area contributed by atoms with E-state index in [1.54, 1.807) is 17.0 Å². The molecule has 1 aliphatic rings. The number of likely N-dealkylation sites (tertiary alicyclic amines) is 1. The Balaban J connectivity index is 1.46. The van der Waals surface area contributed by atoms with Crippen LogP contribution in [0.25, 0.3) is 0 Å². The molecule has 27 heavy (non-hydrogen) atoms. The van der Waals surface area contributed by atoms with E-state index in [1.165, 1.54) is 22.5 Å². The number of carbonyl (C=O) groups is 3. The van der Waals surface area contributed by atoms with Gasteiger partial charge < -0.3 is 9.32 Å². The second-order valence-corrected chi connectivity index (χ2v) is 7.69. The van der Waals surface area contributed by atoms with Crippen molar-refractivity contribution in [1.82, 2.24) is 15.8 Å². The van der Waals surface area contributed by atoms with Crippen LogP contribution in [0.2, 0.25) is 0 Å². The third kappa shape index (κ3) is 4.39. The lowest BCUT2D eigenvalue weighted by Crippen LogP contribution is -2.48. The molecule has 144 valence electrons. The van der Waals surface area contributed by atoms with Crippen LogP contribution >= 0.6 is 11.3 Å². The zero-order chi connectivity index (χ0) is 19.4. The van der Waals surface area contributed by atoms with Crippen molar-refractivity contribution >= 4 is 29.1 Å². The quantitative estimate of drug-likeness (QED) is 0.786. The number of nitrogens with one attached hydrogen (secondary N) is 2. The summed E-state index contributed by atoms with van der Waals surface area (Å²) in [7, 11) is 0. The van der Waals surface area contributed by atoms with Crippen molar-refractivity contribution in [2.45, 2.75) is 33.1 Å². The molecule has 3 heterocycles. The Labute approximate surface area is 161 Å². The van der Waals surface area contributed by atoms with E-state index < -0.39 is 0 Å². The Morgan fingerprint density at radius 2 is 2.00 bits per heavy atom. The molecule has 3 amide bonds. The summed E-state index contributed by atoms with van der Waals surface area (Å²) < 4.78 is 5.13. The maximum absolute atomic E-state index is 12.3. The van der Waals surface area contributed by atoms with Crippen molar-refractivity contribution < 1.29 is 18.8 Å². The fourth-order valence-corrected chi connectivity index (χ4v) is 4.17. The average molecular weight is 389 g/mol. The van der Waals surface area contributed by atoms with Gasteiger partial charge in [0.1, 0.15) is 0 Å². The predicted octanol–water partition coefficient (Wildman–Crippen LogP) is 2.53. The van der Waals surface area contributed by atoms with Crippen LogP contribution in [-0.4, -0.2) is 35.7 Å². The topological polar surface area (TPSA) is 91.7 Å². The number of nitrogens with zero attached hydrogens (tertiary/aromatic N) is 1. The molecule has 0 atom stereocenters. The van der Waals surface area contributed by atoms with E-state index in [0.717, 1.165) is 12.0 Å². The third-order valence-corrected chi connectivity index (χ3v) is 6.13. The highest BCUT2D eigenvalue weighted by Crippen LogP contribution is 2.22. The highest BCUT2D eigenvalue weighted by Gasteiger charge is 2.29. The predicted molar refractivity (Wildman–Crippen MR) is 101 cm³/mol. The van der Waals surface area contributed by atoms with E-state index in [2.05, 4.69) is 10.9 Å². The first-order valence-electron chi connectivity index (χ1n) is 9.02. The van der Waals surface area contributed by atoms with Crippen LogP contribution in [0.15, 0.2) is 28.9 Å². The zero-order valence-electron chi connectivity index (χ0n) is 15.4. The van der Waals surface area contributed by atoms with Gasteiger partial charge in [0.05, 0.1) is 11.1 Å². The maximum atomic E-state index is 12.3. The first-order valence-corrected chi connectivity index (χ1v) is 9.83. The average Bonchev–Trinajstić information content (AvgIpc) is 3.35. The smallest absolute Gasteiger partial charge is 0.289 e. The number of hydrogen-bond donors (Lipinski definition) is 2. The van der Waals surface area contributed by atoms with Crippen molar-refractivity contribution in [3.63, 3.8) is 0 Å². The molecule has 2 aromatic rings. The Kier molecular flexibility index (Phi) is 5.95. The van der Waals surface area contributed by atoms with E-state index in [4.69, 9.17) is 4.42 Å². The van der Waals surface area contributed by atoms with Gasteiger partial charge in [-0.25, -0.2) is 0 Å². The summed E-state index contributed by atoms with van der Waals surface area (Å²) in [4.78, 5) is 40.2. The van der Waals surface area contributed by atoms with Gasteiger partial charge >= 0.3 is 0 Å². The normalized spacial score (nSPS) is 14.8. The molecule has 8 heteroatoms. The van der Waals surface area contributed by atoms with Crippen LogP contribution in [0, 0.1) is 12.8 Å². The van der Waals surface area contributed by atoms with Crippen molar-refractivity contribution in [3.05, 3.63) is 45.5 Å². The summed E-state index contributed by atoms with van der Waals surface area (Å²) in [6.07, 6.45) is 3.44. The maximum Gasteiger partial charge on any atom is 0.289 e. The number of hydrazine groups is 1. The number of aryl methyl sites for hydroxylation is 2. The highest BCUT2D eigenvalue weighted by atomic mass is 32.1. The van der Waals surface area contributed by atoms with E-state index in [9.17, 15) is 14.4 Å². The number of rotatable bonds is 4. The number of amides is 3. The van der Waals surface area contributed by atoms with Gasteiger partial charge in [-0.05, 0) is 49.9 Å². The minimum atomic E-state index is -0.304. The van der Waals surface area contributed by atoms with Crippen molar-refractivity contribution in [2.75, 3.05) is 13.1 Å². The molecule has 2 aromatic heterocycles. The van der Waals surface area contributed by atoms with Crippen LogP contribution < -0.4 is 10.9 Å². The molecule has 7 nitrogen and oxygen atoms in total. The molecule has 3 rings (SSSR count). The standard InChI is InChI=1S/C19H23N3O4S/c1-3-15-12(2)11-16(27-15)18(24)21-20-17(23)13-6-8-22(9-7-13)19(25)14-5-4-10-26-14/h4-5,10-11,13H,3,6-9H2,1-2H3,(H,20,23)(H,21,24). The Bertz CT molecular complexity index is 820. The van der Waals surface area contributed by atoms with Crippen LogP contribution in [0.1, 0.15) is 50.4 Å². The molecular formula is C19H23N3O4S. The van der Waals surface area contributed by atoms with Crippen LogP contribution in [-0.2, 0) is 11.2 Å². The van der Waals surface area contributed by atoms with Gasteiger partial charge in [-0.15, -0.1) is 11.3 Å². The first-order chi connectivity index (χ1) is 13.0. The molecule has 0 spiro atoms. The molecule has 0 aliphatic carbocycles. The molecular weight excluding hydrogens is 366 g/mol. The molecule has 2 N–H and O–H groups in total. The lowest BCUT2D eigenvalue weighted by molar-refractivity contribution is -0.127. The summed E-state index contributed by atoms with van der Waals surface area (Å²) in [5.74, 6) is -0.615. The minimum absolute atomic E-state index is 0.160. The summed E-state index contributed by atoms with van der Waals surface area (Å²) in [5, 5.41) is 0. The number of piperidine rings is 1. The molecule has 1 saturated heterocycles. The lowest BCUT2D eigenvalue weighted by atomic mass is 9.96. The van der Waals surface area contributed by atoms with Crippen LogP contribution in [0.4, 0.5) is 0 Å². The molecule has 0 radical (unpaired) electrons. The summed E-state index contributed by atoms with van der Waals surface area (Å²) in [6, 6.07) is 5.14. The first kappa shape index (κ1) is 19.2. The molecule has 1 aliphatic heterocycles. The van der Waals surface area contributed by atoms with E-state index in [1.807, 2.05) is 19.9 Å². The number of carbonyl (C=O) groups excluding carboxylic acids is 3. The number of furan rings is 1. The summed E-state index contributed by atoms with van der Waals surface area (Å²) >= 11 is 1.44. The Morgan fingerprint density at radius 1 is 1.26 bits per heavy atom. The van der Waals surface area contributed by atoms with Gasteiger partial charge in [-0.1, -0.05) is 6.92 Å². The van der Waals surface area contributed by atoms with Gasteiger partial charge in [0.15, 0.2) is 5.76 Å². The molecule has 0 saturated carbocycles. The van der Waals surface area contributed by atoms with E-state index in [-0.39, 0.29) is 23.6 Å². The van der Waals surface area contributed by atoms with Gasteiger partial charge in [-0.3, -0.25) is 25.2 Å². The Hall–Kier alpha value is -2.61. The molecule has 0 unspecified atom stereocenters. The number of hydrogen-bond acceptors (Lipinski definition) is 5. The fourth-order valence-electron chi connectivity index (χ4n) is 3.17. The van der Waals surface area contributed by atoms with Crippen LogP contribution in [0.3, 0.4) is 0 Å². The van der Waals surface area contributed by atoms with E-state index >= 15 is 0 Å². The largest absolute Gasteiger partial charge is 0.459 e. The highest BCUT2D eigenvalue weighted by molar-refractivity contribution is 7.14. The second-order valence-electron chi connectivity index (χ2n) is 6.56. The Morgan fingerprint density at radius 3 is 2.59 bits per heavy atom. The summed E-state index contributed by atoms with van der Waals surface area (Å²) in [6.45, 7) is 4.98. The summed E-state index contributed by atoms with van der Waals surface area (Å²) in [5.41, 5.74) is 6.10. The second kappa shape index (κ2) is 8.39. The zero-order valence-corrected chi connectivity index (χ0v) is 16.2. The van der Waals surface area contributed by atoms with E-state index in [0.29, 0.717) is 36.6 Å². The SMILES string of the molecule is CCc1sc(C(=O)NNC(=O)C2CCN(C(=O)c3ccco3)CC2)cc1C. The minimum Gasteiger partial charge on any atom is -0.459 e. The monoisotopic (exact) mass is 389 g/mol. The van der Waals surface area contributed by atoms with Crippen molar-refractivity contribution in [2.24, 2.45) is 5.92 Å². The lowest BCUT2D eigenvalue weighted by Gasteiger charge is -2.30. The molecule has 1 fully saturated rings. The number of thiophene rings is 1. The van der Waals surface area contributed by atoms with Crippen LogP contribution in [0.5, 0.6) is 0 Å². The third-order valence-electron chi connectivity index (χ3n) is 4.75. The fraction of sp³-hybridized carbons (Fsp3) is 0.421. The van der Waals surface area contributed by atoms with Gasteiger partial charge in [-0.2, -0.15) is 0 Å². The van der Waals surface area contributed by atoms with Gasteiger partial charge in [0.2, 0.25) is 5.91 Å². The van der Waals surface area contributed by atoms with Crippen molar-refractivity contribution in [1.29, 1.82) is 0 Å². The van der Waals surface area contributed by atoms with Gasteiger partial charge in [0.25, 0.3) is 11.8 Å². The van der Waals surface area contributed by atoms with Gasteiger partial charge in [0, 0.05) is 23.9 Å². The van der Waals surface area contributed by atoms with Crippen molar-refractivity contribution in [3.8, 4) is 0 Å². The molecule has 0 bridgehead atoms.